The molecule has 12 heavy (non-hydrogen) atoms. The van der Waals surface area contributed by atoms with Gasteiger partial charge in [0, 0.05) is 5.92 Å². The minimum absolute atomic E-state index is 0.0677. The van der Waals surface area contributed by atoms with Gasteiger partial charge < -0.3 is 0 Å². The van der Waals surface area contributed by atoms with Gasteiger partial charge in [0.25, 0.3) is 0 Å². The molecule has 1 aliphatic carbocycles. The molecule has 0 amide bonds. The minimum atomic E-state index is -0.987. The highest BCUT2D eigenvalue weighted by Crippen LogP contribution is 2.46. The Morgan fingerprint density at radius 1 is 1.33 bits per heavy atom. The van der Waals surface area contributed by atoms with E-state index < -0.39 is 43.1 Å². The van der Waals surface area contributed by atoms with Crippen molar-refractivity contribution in [1.29, 1.82) is 0 Å². The van der Waals surface area contributed by atoms with Gasteiger partial charge in [0.05, 0.1) is 0 Å². The molecular weight excluding hydrogens is 381 g/mol. The average molecular weight is 392 g/mol. The van der Waals surface area contributed by atoms with Gasteiger partial charge in [-0.3, -0.25) is 0 Å². The van der Waals surface area contributed by atoms with Crippen molar-refractivity contribution in [2.45, 2.75) is 8.10 Å². The molecule has 3 heteroatoms. The predicted octanol–water partition coefficient (Wildman–Crippen LogP) is 3.55. The summed E-state index contributed by atoms with van der Waals surface area (Å²) in [5.41, 5.74) is 0. The zero-order chi connectivity index (χ0) is 9.03. The summed E-state index contributed by atoms with van der Waals surface area (Å²) >= 11 is -1.17. The first-order valence-corrected chi connectivity index (χ1v) is 8.75. The Morgan fingerprint density at radius 2 is 2.00 bits per heavy atom. The Morgan fingerprint density at radius 3 is 2.42 bits per heavy atom. The topological polar surface area (TPSA) is 0 Å². The van der Waals surface area contributed by atoms with Gasteiger partial charge in [-0.05, 0) is 6.42 Å². The average Bonchev–Trinajstić information content (AvgIpc) is 2.18. The molecule has 0 aliphatic heterocycles. The van der Waals surface area contributed by atoms with Crippen LogP contribution in [0.2, 0.25) is 0 Å². The van der Waals surface area contributed by atoms with Crippen LogP contribution in [0.25, 0.3) is 0 Å². The van der Waals surface area contributed by atoms with E-state index in [1.54, 1.807) is 0 Å². The zero-order valence-electron chi connectivity index (χ0n) is 6.64. The lowest BCUT2D eigenvalue weighted by molar-refractivity contribution is 0.370. The normalized spacial score (nSPS) is 22.9. The Bertz CT molecular complexity index is 235. The molecule has 68 valence electrons. The molecule has 0 heterocycles. The third kappa shape index (κ3) is 2.31. The maximum Gasteiger partial charge on any atom is 0.206 e. The fourth-order valence-electron chi connectivity index (χ4n) is 1.06. The molecule has 1 rings (SSSR count). The van der Waals surface area contributed by atoms with Gasteiger partial charge >= 0.3 is 0 Å². The van der Waals surface area contributed by atoms with Crippen LogP contribution < -0.4 is 0 Å². The second-order valence-electron chi connectivity index (χ2n) is 2.46. The molecule has 0 saturated heterocycles. The first kappa shape index (κ1) is 10.7. The molecule has 0 radical (unpaired) electrons. The number of rotatable bonds is 3. The fourth-order valence-corrected chi connectivity index (χ4v) is 4.68. The number of allylic oxidation sites excluding steroid dienone is 4. The summed E-state index contributed by atoms with van der Waals surface area (Å²) in [7, 11) is 0. The Kier molecular flexibility index (Phi) is 4.22. The summed E-state index contributed by atoms with van der Waals surface area (Å²) in [4.78, 5) is 0. The van der Waals surface area contributed by atoms with Crippen LogP contribution in [-0.2, 0) is 0 Å². The maximum absolute atomic E-state index is 14.0. The van der Waals surface area contributed by atoms with Crippen molar-refractivity contribution in [3.05, 3.63) is 24.3 Å². The van der Waals surface area contributed by atoms with Crippen LogP contribution in [0.3, 0.4) is 0 Å². The maximum atomic E-state index is 14.0. The highest BCUT2D eigenvalue weighted by Gasteiger charge is 2.32. The summed E-state index contributed by atoms with van der Waals surface area (Å²) in [6, 6.07) is 0. The second-order valence-corrected chi connectivity index (χ2v) is 9.19. The van der Waals surface area contributed by atoms with E-state index in [-0.39, 0.29) is 5.92 Å². The molecule has 0 spiro atoms. The van der Waals surface area contributed by atoms with Crippen LogP contribution in [0.4, 0.5) is 4.39 Å². The molecule has 0 aromatic heterocycles. The largest absolute Gasteiger partial charge is 0.221 e. The molecule has 0 aromatic carbocycles. The lowest BCUT2D eigenvalue weighted by atomic mass is 10.0. The highest BCUT2D eigenvalue weighted by atomic mass is 127. The lowest BCUT2D eigenvalue weighted by Crippen LogP contribution is -2.18. The predicted molar refractivity (Wildman–Crippen MR) is 72.5 cm³/mol. The van der Waals surface area contributed by atoms with E-state index in [0.717, 1.165) is 6.42 Å². The molecule has 0 aromatic rings. The van der Waals surface area contributed by atoms with Crippen LogP contribution >= 0.6 is 41.5 Å². The smallest absolute Gasteiger partial charge is 0.206 e. The van der Waals surface area contributed by atoms with Crippen LogP contribution in [0.15, 0.2) is 24.3 Å². The van der Waals surface area contributed by atoms with Gasteiger partial charge in [0.2, 0.25) is 1.68 Å². The van der Waals surface area contributed by atoms with Gasteiger partial charge in [0.1, 0.15) is 0 Å². The number of hydrogen-bond acceptors (Lipinski definition) is 0. The summed E-state index contributed by atoms with van der Waals surface area (Å²) in [6.07, 6.45) is 8.73. The third-order valence-electron chi connectivity index (χ3n) is 1.76. The molecule has 1 atom stereocenters. The van der Waals surface area contributed by atoms with Crippen LogP contribution in [0.1, 0.15) is 6.42 Å². The molecule has 0 bridgehead atoms. The van der Waals surface area contributed by atoms with Crippen molar-refractivity contribution in [1.82, 2.24) is 0 Å². The quantitative estimate of drug-likeness (QED) is 0.510. The Hall–Kier alpha value is 0.610. The molecule has 1 unspecified atom stereocenters. The van der Waals surface area contributed by atoms with E-state index in [9.17, 15) is 4.39 Å². The van der Waals surface area contributed by atoms with E-state index in [1.807, 2.05) is 24.3 Å². The molecule has 0 nitrogen and oxygen atoms in total. The Balaban J connectivity index is 2.80. The standard InChI is InChI=1S/C9H11FI2/c1-11-9(10,12-2)8-6-4-3-5-7-8/h3-6,8H,1-2,7H2. The van der Waals surface area contributed by atoms with Crippen molar-refractivity contribution < 1.29 is 4.39 Å². The SMILES string of the molecule is C=IC(F)(I=C)C1C=CC=CC1. The van der Waals surface area contributed by atoms with Crippen LogP contribution in [0, 0.1) is 5.92 Å². The Labute approximate surface area is 92.4 Å². The van der Waals surface area contributed by atoms with Gasteiger partial charge in [-0.25, -0.2) is 4.39 Å². The van der Waals surface area contributed by atoms with Gasteiger partial charge in [-0.15, -0.1) is 0 Å². The molecule has 1 aliphatic rings. The number of hydrogen-bond donors (Lipinski definition) is 0. The number of alkyl halides is 3. The van der Waals surface area contributed by atoms with Crippen LogP contribution in [-0.4, -0.2) is 10.7 Å². The van der Waals surface area contributed by atoms with Crippen molar-refractivity contribution in [3.63, 3.8) is 0 Å². The monoisotopic (exact) mass is 392 g/mol. The first-order valence-electron chi connectivity index (χ1n) is 3.54. The summed E-state index contributed by atoms with van der Waals surface area (Å²) in [5.74, 6) is 0.0677. The van der Waals surface area contributed by atoms with Crippen molar-refractivity contribution in [2.75, 3.05) is 0 Å². The summed E-state index contributed by atoms with van der Waals surface area (Å²) in [6.45, 7) is 0. The first-order chi connectivity index (χ1) is 5.73. The van der Waals surface area contributed by atoms with Crippen LogP contribution in [0.5, 0.6) is 0 Å². The van der Waals surface area contributed by atoms with E-state index in [1.165, 1.54) is 0 Å². The van der Waals surface area contributed by atoms with Crippen molar-refractivity contribution >= 4 is 50.5 Å². The summed E-state index contributed by atoms with van der Waals surface area (Å²) in [5, 5.41) is 0. The van der Waals surface area contributed by atoms with Gasteiger partial charge in [0.15, 0.2) is 0 Å². The lowest BCUT2D eigenvalue weighted by Gasteiger charge is -2.24. The highest BCUT2D eigenvalue weighted by molar-refractivity contribution is 14.3. The minimum Gasteiger partial charge on any atom is -0.221 e. The summed E-state index contributed by atoms with van der Waals surface area (Å²) < 4.78 is 20.6. The van der Waals surface area contributed by atoms with Crippen molar-refractivity contribution in [3.8, 4) is 0 Å². The third-order valence-corrected chi connectivity index (χ3v) is 9.26. The zero-order valence-corrected chi connectivity index (χ0v) is 11.0. The van der Waals surface area contributed by atoms with Crippen molar-refractivity contribution in [2.24, 2.45) is 5.92 Å². The molecular formula is C9H11FI2. The van der Waals surface area contributed by atoms with Gasteiger partial charge in [-0.1, -0.05) is 74.8 Å². The second kappa shape index (κ2) is 4.74. The molecule has 0 N–H and O–H groups in total. The van der Waals surface area contributed by atoms with Gasteiger partial charge in [-0.2, -0.15) is 0 Å². The molecule has 0 saturated carbocycles. The molecule has 0 fully saturated rings. The van der Waals surface area contributed by atoms with E-state index in [0.29, 0.717) is 0 Å². The van der Waals surface area contributed by atoms with E-state index in [2.05, 4.69) is 9.03 Å². The fraction of sp³-hybridized carbons (Fsp3) is 0.333. The number of halogens is 3. The van der Waals surface area contributed by atoms with E-state index >= 15 is 0 Å². The van der Waals surface area contributed by atoms with E-state index in [4.69, 9.17) is 0 Å².